The van der Waals surface area contributed by atoms with E-state index in [0.717, 1.165) is 24.7 Å². The highest BCUT2D eigenvalue weighted by molar-refractivity contribution is 4.72. The molecular formula is C18H36. The Morgan fingerprint density at radius 2 is 1.00 bits per heavy atom. The Balaban J connectivity index is 4.15. The van der Waals surface area contributed by atoms with E-state index in [9.17, 15) is 0 Å². The van der Waals surface area contributed by atoms with Gasteiger partial charge in [0.25, 0.3) is 0 Å². The summed E-state index contributed by atoms with van der Waals surface area (Å²) in [5.41, 5.74) is 0. The molecule has 0 bridgehead atoms. The first-order valence-electron chi connectivity index (χ1n) is 8.38. The van der Waals surface area contributed by atoms with Gasteiger partial charge in [0.15, 0.2) is 0 Å². The van der Waals surface area contributed by atoms with Gasteiger partial charge >= 0.3 is 0 Å². The second-order valence-corrected chi connectivity index (χ2v) is 5.80. The van der Waals surface area contributed by atoms with E-state index < -0.39 is 0 Å². The van der Waals surface area contributed by atoms with Gasteiger partial charge in [-0.3, -0.25) is 0 Å². The van der Waals surface area contributed by atoms with Crippen molar-refractivity contribution >= 4 is 0 Å². The topological polar surface area (TPSA) is 0 Å². The molecular weight excluding hydrogens is 216 g/mol. The van der Waals surface area contributed by atoms with Crippen molar-refractivity contribution < 1.29 is 0 Å². The molecule has 0 amide bonds. The molecule has 0 heteroatoms. The Bertz CT molecular complexity index is 132. The van der Waals surface area contributed by atoms with Gasteiger partial charge < -0.3 is 0 Å². The molecule has 2 atom stereocenters. The van der Waals surface area contributed by atoms with E-state index in [0.29, 0.717) is 0 Å². The average Bonchev–Trinajstić information content (AvgIpc) is 2.37. The van der Waals surface area contributed by atoms with Gasteiger partial charge in [0.2, 0.25) is 0 Å². The molecule has 0 aromatic carbocycles. The molecule has 0 nitrogen and oxygen atoms in total. The smallest absolute Gasteiger partial charge is 0.0386 e. The van der Waals surface area contributed by atoms with Crippen molar-refractivity contribution in [3.63, 3.8) is 0 Å². The number of hydrogen-bond donors (Lipinski definition) is 0. The van der Waals surface area contributed by atoms with Gasteiger partial charge in [-0.25, -0.2) is 0 Å². The van der Waals surface area contributed by atoms with Gasteiger partial charge in [-0.1, -0.05) is 105 Å². The van der Waals surface area contributed by atoms with E-state index in [1.54, 1.807) is 0 Å². The average molecular weight is 252 g/mol. The van der Waals surface area contributed by atoms with E-state index in [4.69, 9.17) is 0 Å². The van der Waals surface area contributed by atoms with Gasteiger partial charge in [-0.2, -0.15) is 0 Å². The number of hydrogen-bond acceptors (Lipinski definition) is 0. The van der Waals surface area contributed by atoms with Crippen molar-refractivity contribution in [3.8, 4) is 0 Å². The molecule has 0 spiro atoms. The van der Waals surface area contributed by atoms with Crippen LogP contribution in [0.25, 0.3) is 0 Å². The molecule has 0 N–H and O–H groups in total. The fourth-order valence-corrected chi connectivity index (χ4v) is 3.07. The first-order chi connectivity index (χ1) is 8.79. The molecule has 0 aliphatic heterocycles. The predicted molar refractivity (Wildman–Crippen MR) is 84.4 cm³/mol. The third kappa shape index (κ3) is 9.00. The van der Waals surface area contributed by atoms with Crippen molar-refractivity contribution in [3.05, 3.63) is 13.8 Å². The molecule has 108 valence electrons. The van der Waals surface area contributed by atoms with E-state index in [1.807, 2.05) is 0 Å². The fraction of sp³-hybridized carbons (Fsp3) is 0.889. The summed E-state index contributed by atoms with van der Waals surface area (Å²) >= 11 is 0. The minimum Gasteiger partial charge on any atom is -0.0654 e. The molecule has 2 radical (unpaired) electrons. The number of rotatable bonds is 13. The standard InChI is InChI=1S/C18H36/c1-5-9-11-15-17(13-7-3)18(14-8-4)16-12-10-6-2/h17-18H,3-16H2,1-2H3. The highest BCUT2D eigenvalue weighted by Gasteiger charge is 2.19. The van der Waals surface area contributed by atoms with Crippen LogP contribution in [-0.2, 0) is 0 Å². The van der Waals surface area contributed by atoms with Crippen LogP contribution in [0.5, 0.6) is 0 Å². The molecule has 0 aromatic heterocycles. The van der Waals surface area contributed by atoms with Crippen molar-refractivity contribution in [1.82, 2.24) is 0 Å². The SMILES string of the molecule is [CH2]CCC(CCCCC)C(CC[CH2])CCCCC. The zero-order valence-electron chi connectivity index (χ0n) is 13.1. The Labute approximate surface area is 117 Å². The molecule has 0 rings (SSSR count). The van der Waals surface area contributed by atoms with Crippen molar-refractivity contribution in [2.45, 2.75) is 90.9 Å². The van der Waals surface area contributed by atoms with Crippen LogP contribution >= 0.6 is 0 Å². The normalized spacial score (nSPS) is 14.7. The van der Waals surface area contributed by atoms with Gasteiger partial charge in [0.1, 0.15) is 0 Å². The lowest BCUT2D eigenvalue weighted by Gasteiger charge is -2.27. The summed E-state index contributed by atoms with van der Waals surface area (Å²) in [6, 6.07) is 0. The summed E-state index contributed by atoms with van der Waals surface area (Å²) in [5.74, 6) is 1.85. The maximum Gasteiger partial charge on any atom is -0.0386 e. The molecule has 0 aliphatic carbocycles. The van der Waals surface area contributed by atoms with E-state index >= 15 is 0 Å². The summed E-state index contributed by atoms with van der Waals surface area (Å²) in [6.45, 7) is 12.7. The Hall–Kier alpha value is 0. The predicted octanol–water partition coefficient (Wildman–Crippen LogP) is 6.61. The molecule has 0 saturated carbocycles. The van der Waals surface area contributed by atoms with Crippen LogP contribution in [0.4, 0.5) is 0 Å². The largest absolute Gasteiger partial charge is 0.0654 e. The molecule has 0 aliphatic rings. The lowest BCUT2D eigenvalue weighted by atomic mass is 9.79. The van der Waals surface area contributed by atoms with E-state index in [1.165, 1.54) is 64.2 Å². The molecule has 2 unspecified atom stereocenters. The van der Waals surface area contributed by atoms with E-state index in [-0.39, 0.29) is 0 Å². The minimum absolute atomic E-state index is 0.924. The summed E-state index contributed by atoms with van der Waals surface area (Å²) in [5, 5.41) is 0. The lowest BCUT2D eigenvalue weighted by Crippen LogP contribution is -2.15. The van der Waals surface area contributed by atoms with Crippen LogP contribution in [0, 0.1) is 25.7 Å². The van der Waals surface area contributed by atoms with Crippen LogP contribution in [0.1, 0.15) is 90.9 Å². The van der Waals surface area contributed by atoms with Crippen molar-refractivity contribution in [2.24, 2.45) is 11.8 Å². The third-order valence-corrected chi connectivity index (χ3v) is 4.17. The van der Waals surface area contributed by atoms with Gasteiger partial charge in [-0.05, 0) is 11.8 Å². The molecule has 0 aromatic rings. The third-order valence-electron chi connectivity index (χ3n) is 4.17. The van der Waals surface area contributed by atoms with Crippen LogP contribution in [0.15, 0.2) is 0 Å². The lowest BCUT2D eigenvalue weighted by molar-refractivity contribution is 0.251. The van der Waals surface area contributed by atoms with Gasteiger partial charge in [0, 0.05) is 0 Å². The summed E-state index contributed by atoms with van der Waals surface area (Å²) in [4.78, 5) is 0. The minimum atomic E-state index is 0.924. The quantitative estimate of drug-likeness (QED) is 0.324. The fourth-order valence-electron chi connectivity index (χ4n) is 3.07. The van der Waals surface area contributed by atoms with Crippen LogP contribution in [-0.4, -0.2) is 0 Å². The van der Waals surface area contributed by atoms with Gasteiger partial charge in [0.05, 0.1) is 0 Å². The maximum atomic E-state index is 4.08. The summed E-state index contributed by atoms with van der Waals surface area (Å²) in [7, 11) is 0. The van der Waals surface area contributed by atoms with Crippen LogP contribution in [0.2, 0.25) is 0 Å². The first kappa shape index (κ1) is 18.0. The maximum absolute atomic E-state index is 4.08. The zero-order chi connectivity index (χ0) is 13.6. The summed E-state index contributed by atoms with van der Waals surface area (Å²) < 4.78 is 0. The number of unbranched alkanes of at least 4 members (excludes halogenated alkanes) is 4. The second-order valence-electron chi connectivity index (χ2n) is 5.80. The zero-order valence-corrected chi connectivity index (χ0v) is 13.1. The molecule has 18 heavy (non-hydrogen) atoms. The monoisotopic (exact) mass is 252 g/mol. The second kappa shape index (κ2) is 13.4. The van der Waals surface area contributed by atoms with Crippen LogP contribution < -0.4 is 0 Å². The molecule has 0 fully saturated rings. The van der Waals surface area contributed by atoms with Crippen LogP contribution in [0.3, 0.4) is 0 Å². The molecule has 0 heterocycles. The molecule has 0 saturated heterocycles. The Morgan fingerprint density at radius 3 is 1.28 bits per heavy atom. The Morgan fingerprint density at radius 1 is 0.611 bits per heavy atom. The highest BCUT2D eigenvalue weighted by atomic mass is 14.2. The van der Waals surface area contributed by atoms with Crippen molar-refractivity contribution in [1.29, 1.82) is 0 Å². The summed E-state index contributed by atoms with van der Waals surface area (Å²) in [6.07, 6.45) is 16.1. The first-order valence-corrected chi connectivity index (χ1v) is 8.38. The van der Waals surface area contributed by atoms with Gasteiger partial charge in [-0.15, -0.1) is 0 Å². The van der Waals surface area contributed by atoms with E-state index in [2.05, 4.69) is 27.7 Å². The Kier molecular flexibility index (Phi) is 13.4. The van der Waals surface area contributed by atoms with Crippen molar-refractivity contribution in [2.75, 3.05) is 0 Å². The highest BCUT2D eigenvalue weighted by Crippen LogP contribution is 2.31.